The Morgan fingerprint density at radius 1 is 0.274 bits per heavy atom. The first kappa shape index (κ1) is 36.7. The van der Waals surface area contributed by atoms with Gasteiger partial charge in [0.2, 0.25) is 5.95 Å². The Morgan fingerprint density at radius 2 is 0.661 bits per heavy atom. The quantitative estimate of drug-likeness (QED) is 0.146. The number of fused-ring (bicyclic) bond motifs is 3. The summed E-state index contributed by atoms with van der Waals surface area (Å²) in [6.45, 7) is 0. The highest BCUT2D eigenvalue weighted by molar-refractivity contribution is 6.11. The summed E-state index contributed by atoms with van der Waals surface area (Å²) in [5, 5.41) is 2.21. The van der Waals surface area contributed by atoms with Crippen LogP contribution in [0.1, 0.15) is 0 Å². The van der Waals surface area contributed by atoms with E-state index >= 15 is 0 Å². The second-order valence-corrected chi connectivity index (χ2v) is 15.3. The molecule has 0 unspecified atom stereocenters. The lowest BCUT2D eigenvalue weighted by Crippen LogP contribution is -2.10. The van der Waals surface area contributed by atoms with Gasteiger partial charge in [0.05, 0.1) is 11.0 Å². The molecule has 11 rings (SSSR count). The van der Waals surface area contributed by atoms with Gasteiger partial charge in [0.15, 0.2) is 11.6 Å². The predicted molar refractivity (Wildman–Crippen MR) is 256 cm³/mol. The van der Waals surface area contributed by atoms with Gasteiger partial charge in [-0.2, -0.15) is 9.97 Å². The molecule has 0 radical (unpaired) electrons. The smallest absolute Gasteiger partial charge is 0.238 e. The third-order valence-corrected chi connectivity index (χ3v) is 11.4. The lowest BCUT2D eigenvalue weighted by Gasteiger charge is -2.26. The fraction of sp³-hybridized carbons (Fsp3) is 0. The molecule has 0 aliphatic heterocycles. The first-order chi connectivity index (χ1) is 30.7. The van der Waals surface area contributed by atoms with E-state index in [9.17, 15) is 0 Å². The molecule has 0 saturated heterocycles. The fourth-order valence-electron chi connectivity index (χ4n) is 8.41. The normalized spacial score (nSPS) is 11.2. The van der Waals surface area contributed by atoms with Crippen molar-refractivity contribution in [1.82, 2.24) is 19.5 Å². The zero-order chi connectivity index (χ0) is 41.2. The van der Waals surface area contributed by atoms with E-state index in [-0.39, 0.29) is 0 Å². The molecule has 0 atom stereocenters. The second kappa shape index (κ2) is 16.0. The van der Waals surface area contributed by atoms with Crippen LogP contribution in [0.2, 0.25) is 0 Å². The maximum absolute atomic E-state index is 5.28. The molecular formula is C57H39N5. The summed E-state index contributed by atoms with van der Waals surface area (Å²) in [6, 6.07) is 83.0. The van der Waals surface area contributed by atoms with Crippen LogP contribution in [0.25, 0.3) is 83.9 Å². The Labute approximate surface area is 360 Å². The maximum atomic E-state index is 5.28. The Morgan fingerprint density at radius 3 is 1.21 bits per heavy atom. The minimum atomic E-state index is 0.546. The molecule has 0 N–H and O–H groups in total. The highest BCUT2D eigenvalue weighted by Gasteiger charge is 2.21. The van der Waals surface area contributed by atoms with Crippen LogP contribution < -0.4 is 4.90 Å². The van der Waals surface area contributed by atoms with Gasteiger partial charge < -0.3 is 4.90 Å². The van der Waals surface area contributed by atoms with Crippen LogP contribution in [-0.2, 0) is 0 Å². The van der Waals surface area contributed by atoms with Crippen molar-refractivity contribution >= 4 is 38.9 Å². The van der Waals surface area contributed by atoms with Crippen LogP contribution in [0, 0.1) is 0 Å². The van der Waals surface area contributed by atoms with Crippen molar-refractivity contribution in [3.8, 4) is 62.1 Å². The van der Waals surface area contributed by atoms with E-state index in [1.807, 2.05) is 36.4 Å². The Bertz CT molecular complexity index is 3260. The van der Waals surface area contributed by atoms with Crippen molar-refractivity contribution in [2.24, 2.45) is 0 Å². The summed E-state index contributed by atoms with van der Waals surface area (Å²) in [7, 11) is 0. The average Bonchev–Trinajstić information content (AvgIpc) is 3.68. The number of hydrogen-bond donors (Lipinski definition) is 0. The van der Waals surface area contributed by atoms with Crippen LogP contribution in [0.4, 0.5) is 17.1 Å². The second-order valence-electron chi connectivity index (χ2n) is 15.3. The number of hydrogen-bond acceptors (Lipinski definition) is 4. The van der Waals surface area contributed by atoms with Gasteiger partial charge in [-0.25, -0.2) is 4.98 Å². The van der Waals surface area contributed by atoms with Gasteiger partial charge in [-0.15, -0.1) is 0 Å². The van der Waals surface area contributed by atoms with Crippen molar-refractivity contribution in [1.29, 1.82) is 0 Å². The maximum Gasteiger partial charge on any atom is 0.238 e. The minimum Gasteiger partial charge on any atom is -0.310 e. The van der Waals surface area contributed by atoms with Crippen molar-refractivity contribution < 1.29 is 0 Å². The van der Waals surface area contributed by atoms with Gasteiger partial charge in [0, 0.05) is 39.0 Å². The molecule has 0 bridgehead atoms. The molecule has 292 valence electrons. The molecule has 5 heteroatoms. The van der Waals surface area contributed by atoms with Crippen molar-refractivity contribution in [3.05, 3.63) is 237 Å². The van der Waals surface area contributed by atoms with Gasteiger partial charge in [-0.3, -0.25) is 4.57 Å². The van der Waals surface area contributed by atoms with Crippen LogP contribution >= 0.6 is 0 Å². The number of anilines is 3. The molecule has 62 heavy (non-hydrogen) atoms. The van der Waals surface area contributed by atoms with E-state index in [4.69, 9.17) is 15.0 Å². The molecule has 5 nitrogen and oxygen atoms in total. The van der Waals surface area contributed by atoms with Gasteiger partial charge in [-0.1, -0.05) is 194 Å². The summed E-state index contributed by atoms with van der Waals surface area (Å²) >= 11 is 0. The summed E-state index contributed by atoms with van der Waals surface area (Å²) in [6.07, 6.45) is 0. The van der Waals surface area contributed by atoms with Crippen LogP contribution in [0.15, 0.2) is 237 Å². The van der Waals surface area contributed by atoms with Crippen molar-refractivity contribution in [2.45, 2.75) is 0 Å². The lowest BCUT2D eigenvalue weighted by molar-refractivity contribution is 0.953. The average molecular weight is 794 g/mol. The molecule has 0 aliphatic carbocycles. The summed E-state index contributed by atoms with van der Waals surface area (Å²) in [4.78, 5) is 17.9. The molecule has 0 amide bonds. The Hall–Kier alpha value is -8.41. The van der Waals surface area contributed by atoms with E-state index in [0.717, 1.165) is 77.8 Å². The van der Waals surface area contributed by atoms with E-state index in [1.165, 1.54) is 5.56 Å². The molecular weight excluding hydrogens is 755 g/mol. The number of nitrogens with zero attached hydrogens (tertiary/aromatic N) is 5. The molecule has 9 aromatic carbocycles. The van der Waals surface area contributed by atoms with E-state index in [1.54, 1.807) is 0 Å². The lowest BCUT2D eigenvalue weighted by atomic mass is 10.0. The van der Waals surface area contributed by atoms with Crippen molar-refractivity contribution in [2.75, 3.05) is 4.90 Å². The minimum absolute atomic E-state index is 0.546. The van der Waals surface area contributed by atoms with Gasteiger partial charge in [0.1, 0.15) is 0 Å². The molecule has 2 aromatic heterocycles. The fourth-order valence-corrected chi connectivity index (χ4v) is 8.41. The molecule has 0 fully saturated rings. The molecule has 2 heterocycles. The Kier molecular flexibility index (Phi) is 9.45. The van der Waals surface area contributed by atoms with Gasteiger partial charge in [0.25, 0.3) is 0 Å². The molecule has 0 aliphatic rings. The zero-order valence-corrected chi connectivity index (χ0v) is 33.8. The van der Waals surface area contributed by atoms with Gasteiger partial charge >= 0.3 is 0 Å². The van der Waals surface area contributed by atoms with Crippen LogP contribution in [0.5, 0.6) is 0 Å². The highest BCUT2D eigenvalue weighted by atomic mass is 15.2. The van der Waals surface area contributed by atoms with Crippen molar-refractivity contribution in [3.63, 3.8) is 0 Å². The summed E-state index contributed by atoms with van der Waals surface area (Å²) in [5.74, 6) is 1.76. The van der Waals surface area contributed by atoms with Crippen LogP contribution in [0.3, 0.4) is 0 Å². The third-order valence-electron chi connectivity index (χ3n) is 11.4. The summed E-state index contributed by atoms with van der Waals surface area (Å²) < 4.78 is 2.22. The molecule has 0 saturated carbocycles. The van der Waals surface area contributed by atoms with Gasteiger partial charge in [-0.05, 0) is 75.8 Å². The van der Waals surface area contributed by atoms with E-state index in [2.05, 4.69) is 210 Å². The first-order valence-electron chi connectivity index (χ1n) is 20.9. The largest absolute Gasteiger partial charge is 0.310 e. The Balaban J connectivity index is 1.16. The third kappa shape index (κ3) is 6.97. The van der Waals surface area contributed by atoms with Crippen LogP contribution in [-0.4, -0.2) is 19.5 Å². The number of benzene rings is 9. The molecule has 11 aromatic rings. The zero-order valence-electron chi connectivity index (χ0n) is 33.8. The number of rotatable bonds is 9. The van der Waals surface area contributed by atoms with E-state index in [0.29, 0.717) is 17.6 Å². The predicted octanol–water partition coefficient (Wildman–Crippen LogP) is 14.8. The standard InChI is InChI=1S/C57H39N5/c1-6-17-40(18-7-1)43-29-32-48(33-30-43)61(49-28-16-27-46(37-49)41-19-8-2-9-20-41)50-34-36-52-51-35-31-47(42-21-10-3-11-22-42)38-53(51)62(54(52)39-50)57-59-55(44-23-12-4-13-24-44)58-56(60-57)45-25-14-5-15-26-45/h1-39H. The number of aromatic nitrogens is 4. The topological polar surface area (TPSA) is 46.8 Å². The first-order valence-corrected chi connectivity index (χ1v) is 20.9. The monoisotopic (exact) mass is 793 g/mol. The molecule has 0 spiro atoms. The summed E-state index contributed by atoms with van der Waals surface area (Å²) in [5.41, 5.74) is 13.8. The highest BCUT2D eigenvalue weighted by Crippen LogP contribution is 2.42. The SMILES string of the molecule is c1ccc(-c2ccc(N(c3cccc(-c4ccccc4)c3)c3ccc4c5ccc(-c6ccccc6)cc5n(-c5nc(-c6ccccc6)nc(-c6ccccc6)n5)c4c3)cc2)cc1. The van der Waals surface area contributed by atoms with E-state index < -0.39 is 0 Å².